The van der Waals surface area contributed by atoms with Crippen LogP contribution in [-0.4, -0.2) is 58.1 Å². The van der Waals surface area contributed by atoms with Crippen LogP contribution < -0.4 is 10.6 Å². The zero-order chi connectivity index (χ0) is 36.8. The lowest BCUT2D eigenvalue weighted by atomic mass is 9.83. The number of nitriles is 1. The molecule has 4 heterocycles. The number of nitrogens with zero attached hydrogens (tertiary/aromatic N) is 4. The standard InChI is InChI=1S/C39H52F2N6O3S/c1-26(38(2,3)4)43-22-27-14-15-31-30(20-27)44-37(45-35(48)33-17-16-32(51-33)34(40)41)47(31)23-29-13-11-19-46(29)36(49)28(21-42)12-9-7-6-8-10-18-39(5)24-50-25-39/h12,14-17,20,26,29,34,43H,6-11,13,18-19,22-25H2,1-5H3,(H,44,45,48)/b28-12+/t26-,29+/m0/s1. The molecular formula is C39H52F2N6O3S. The maximum Gasteiger partial charge on any atom is 0.272 e. The minimum atomic E-state index is -2.66. The number of ether oxygens (including phenoxy) is 1. The summed E-state index contributed by atoms with van der Waals surface area (Å²) in [5.74, 6) is -0.513. The van der Waals surface area contributed by atoms with Crippen molar-refractivity contribution in [2.45, 2.75) is 118 Å². The molecule has 2 aliphatic rings. The first-order chi connectivity index (χ1) is 24.3. The molecule has 0 aliphatic carbocycles. The molecule has 0 unspecified atom stereocenters. The Morgan fingerprint density at radius 3 is 2.61 bits per heavy atom. The predicted octanol–water partition coefficient (Wildman–Crippen LogP) is 8.63. The molecule has 51 heavy (non-hydrogen) atoms. The Morgan fingerprint density at radius 2 is 1.94 bits per heavy atom. The maximum atomic E-state index is 13.7. The highest BCUT2D eigenvalue weighted by atomic mass is 32.1. The van der Waals surface area contributed by atoms with Crippen molar-refractivity contribution in [2.24, 2.45) is 10.8 Å². The van der Waals surface area contributed by atoms with Crippen LogP contribution in [0, 0.1) is 22.2 Å². The van der Waals surface area contributed by atoms with Crippen molar-refractivity contribution in [2.75, 3.05) is 25.1 Å². The predicted molar refractivity (Wildman–Crippen MR) is 198 cm³/mol. The lowest BCUT2D eigenvalue weighted by Crippen LogP contribution is -2.39. The molecule has 9 nitrogen and oxygen atoms in total. The Kier molecular flexibility index (Phi) is 12.7. The fourth-order valence-corrected chi connectivity index (χ4v) is 7.39. The average Bonchev–Trinajstić information content (AvgIpc) is 3.83. The molecule has 0 spiro atoms. The number of allylic oxidation sites excluding steroid dienone is 1. The van der Waals surface area contributed by atoms with Gasteiger partial charge < -0.3 is 19.5 Å². The van der Waals surface area contributed by atoms with Crippen LogP contribution in [0.2, 0.25) is 0 Å². The van der Waals surface area contributed by atoms with Gasteiger partial charge in [0.1, 0.15) is 11.6 Å². The molecule has 5 rings (SSSR count). The van der Waals surface area contributed by atoms with Crippen LogP contribution >= 0.6 is 11.3 Å². The zero-order valence-electron chi connectivity index (χ0n) is 30.6. The second-order valence-electron chi connectivity index (χ2n) is 15.6. The number of nitrogens with one attached hydrogen (secondary N) is 2. The van der Waals surface area contributed by atoms with Gasteiger partial charge in [0, 0.05) is 31.1 Å². The summed E-state index contributed by atoms with van der Waals surface area (Å²) in [5, 5.41) is 16.4. The van der Waals surface area contributed by atoms with Crippen LogP contribution in [0.4, 0.5) is 14.7 Å². The third kappa shape index (κ3) is 9.82. The first-order valence-electron chi connectivity index (χ1n) is 18.2. The number of hydrogen-bond donors (Lipinski definition) is 2. The molecular weight excluding hydrogens is 671 g/mol. The zero-order valence-corrected chi connectivity index (χ0v) is 31.4. The monoisotopic (exact) mass is 722 g/mol. The number of amides is 2. The van der Waals surface area contributed by atoms with Gasteiger partial charge >= 0.3 is 0 Å². The number of carbonyl (C=O) groups is 2. The number of halogens is 2. The molecule has 276 valence electrons. The normalized spacial score (nSPS) is 18.2. The summed E-state index contributed by atoms with van der Waals surface area (Å²) < 4.78 is 33.8. The van der Waals surface area contributed by atoms with Crippen molar-refractivity contribution in [1.29, 1.82) is 5.26 Å². The minimum Gasteiger partial charge on any atom is -0.380 e. The highest BCUT2D eigenvalue weighted by Gasteiger charge is 2.33. The molecule has 2 aromatic heterocycles. The second kappa shape index (κ2) is 16.8. The fourth-order valence-electron chi connectivity index (χ4n) is 6.63. The van der Waals surface area contributed by atoms with E-state index in [1.807, 2.05) is 22.8 Å². The molecule has 0 bridgehead atoms. The first-order valence-corrected chi connectivity index (χ1v) is 19.0. The molecule has 2 aliphatic heterocycles. The van der Waals surface area contributed by atoms with Gasteiger partial charge in [0.05, 0.1) is 40.0 Å². The summed E-state index contributed by atoms with van der Waals surface area (Å²) in [6.45, 7) is 14.2. The third-order valence-corrected chi connectivity index (χ3v) is 11.5. The second-order valence-corrected chi connectivity index (χ2v) is 16.7. The van der Waals surface area contributed by atoms with Gasteiger partial charge in [-0.1, -0.05) is 59.1 Å². The number of alkyl halides is 2. The average molecular weight is 723 g/mol. The van der Waals surface area contributed by atoms with Crippen LogP contribution in [0.15, 0.2) is 42.0 Å². The SMILES string of the molecule is C[C@H](NCc1ccc2c(c1)nc(NC(=O)c1ccc(C(F)F)s1)n2C[C@H]1CCCN1C(=O)/C(C#N)=C/CCCCCCC1(C)COC1)C(C)(C)C. The van der Waals surface area contributed by atoms with E-state index in [2.05, 4.69) is 51.3 Å². The highest BCUT2D eigenvalue weighted by molar-refractivity contribution is 7.14. The van der Waals surface area contributed by atoms with E-state index in [0.717, 1.165) is 74.2 Å². The summed E-state index contributed by atoms with van der Waals surface area (Å²) in [4.78, 5) is 33.5. The quantitative estimate of drug-likeness (QED) is 0.0870. The Bertz CT molecular complexity index is 1750. The van der Waals surface area contributed by atoms with Crippen LogP contribution in [-0.2, 0) is 22.6 Å². The summed E-state index contributed by atoms with van der Waals surface area (Å²) in [6, 6.07) is 10.8. The van der Waals surface area contributed by atoms with E-state index in [4.69, 9.17) is 9.72 Å². The fraction of sp³-hybridized carbons (Fsp3) is 0.590. The van der Waals surface area contributed by atoms with Crippen molar-refractivity contribution in [3.63, 3.8) is 0 Å². The lowest BCUT2D eigenvalue weighted by Gasteiger charge is -2.38. The van der Waals surface area contributed by atoms with Crippen molar-refractivity contribution < 1.29 is 23.1 Å². The third-order valence-electron chi connectivity index (χ3n) is 10.4. The van der Waals surface area contributed by atoms with Crippen molar-refractivity contribution in [3.05, 3.63) is 57.3 Å². The number of likely N-dealkylation sites (tertiary alicyclic amines) is 1. The molecule has 0 radical (unpaired) electrons. The van der Waals surface area contributed by atoms with Gasteiger partial charge in [0.25, 0.3) is 18.2 Å². The molecule has 2 N–H and O–H groups in total. The molecule has 12 heteroatoms. The van der Waals surface area contributed by atoms with Crippen LogP contribution in [0.5, 0.6) is 0 Å². The van der Waals surface area contributed by atoms with Gasteiger partial charge in [0.15, 0.2) is 0 Å². The number of hydrogen-bond acceptors (Lipinski definition) is 7. The number of rotatable bonds is 16. The molecule has 3 aromatic rings. The summed E-state index contributed by atoms with van der Waals surface area (Å²) >= 11 is 0.752. The van der Waals surface area contributed by atoms with E-state index in [1.165, 1.54) is 18.6 Å². The Hall–Kier alpha value is -3.66. The van der Waals surface area contributed by atoms with E-state index < -0.39 is 12.3 Å². The molecule has 2 atom stereocenters. The summed E-state index contributed by atoms with van der Waals surface area (Å²) in [6.07, 6.45) is 6.75. The van der Waals surface area contributed by atoms with E-state index in [-0.39, 0.29) is 44.7 Å². The van der Waals surface area contributed by atoms with Crippen LogP contribution in [0.1, 0.15) is 113 Å². The van der Waals surface area contributed by atoms with Gasteiger partial charge in [0.2, 0.25) is 5.95 Å². The Labute approximate surface area is 304 Å². The summed E-state index contributed by atoms with van der Waals surface area (Å²) in [5.41, 5.74) is 3.08. The molecule has 1 aromatic carbocycles. The number of aromatic nitrogens is 2. The topological polar surface area (TPSA) is 112 Å². The van der Waals surface area contributed by atoms with E-state index in [9.17, 15) is 23.6 Å². The van der Waals surface area contributed by atoms with Crippen molar-refractivity contribution >= 4 is 40.1 Å². The van der Waals surface area contributed by atoms with Gasteiger partial charge in [-0.2, -0.15) is 5.26 Å². The van der Waals surface area contributed by atoms with Gasteiger partial charge in [-0.15, -0.1) is 11.3 Å². The lowest BCUT2D eigenvalue weighted by molar-refractivity contribution is -0.127. The number of carbonyl (C=O) groups excluding carboxylic acids is 2. The van der Waals surface area contributed by atoms with Crippen molar-refractivity contribution in [3.8, 4) is 6.07 Å². The maximum absolute atomic E-state index is 13.7. The minimum absolute atomic E-state index is 0.0875. The van der Waals surface area contributed by atoms with Crippen LogP contribution in [0.25, 0.3) is 11.0 Å². The van der Waals surface area contributed by atoms with E-state index in [1.54, 1.807) is 11.0 Å². The van der Waals surface area contributed by atoms with E-state index >= 15 is 0 Å². The van der Waals surface area contributed by atoms with E-state index in [0.29, 0.717) is 37.0 Å². The Balaban J connectivity index is 1.30. The number of thiophene rings is 1. The number of imidazole rings is 1. The number of fused-ring (bicyclic) bond motifs is 1. The largest absolute Gasteiger partial charge is 0.380 e. The van der Waals surface area contributed by atoms with Gasteiger partial charge in [-0.25, -0.2) is 13.8 Å². The Morgan fingerprint density at radius 1 is 1.18 bits per heavy atom. The highest BCUT2D eigenvalue weighted by Crippen LogP contribution is 2.33. The molecule has 2 amide bonds. The number of unbranched alkanes of at least 4 members (excludes halogenated alkanes) is 4. The van der Waals surface area contributed by atoms with Gasteiger partial charge in [-0.3, -0.25) is 14.9 Å². The van der Waals surface area contributed by atoms with Gasteiger partial charge in [-0.05, 0) is 74.3 Å². The summed E-state index contributed by atoms with van der Waals surface area (Å²) in [7, 11) is 0. The van der Waals surface area contributed by atoms with Crippen LogP contribution in [0.3, 0.4) is 0 Å². The smallest absolute Gasteiger partial charge is 0.272 e. The first kappa shape index (κ1) is 38.6. The van der Waals surface area contributed by atoms with Crippen molar-refractivity contribution in [1.82, 2.24) is 19.8 Å². The molecule has 2 saturated heterocycles. The number of benzene rings is 1. The number of anilines is 1. The molecule has 0 saturated carbocycles. The molecule has 2 fully saturated rings.